The number of oxazole rings is 1. The summed E-state index contributed by atoms with van der Waals surface area (Å²) >= 11 is -2.88. The molecule has 3 rings (SSSR count). The second-order valence-corrected chi connectivity index (χ2v) is 18.5. The number of hydrogen-bond donors (Lipinski definition) is 1. The van der Waals surface area contributed by atoms with Gasteiger partial charge in [0.1, 0.15) is 0 Å². The molecule has 3 aromatic rings. The van der Waals surface area contributed by atoms with Crippen molar-refractivity contribution in [2.75, 3.05) is 14.1 Å². The van der Waals surface area contributed by atoms with Crippen LogP contribution in [0.5, 0.6) is 5.75 Å². The SMILES string of the molecule is Cc1oc(-c2ccc(C(F)(F)F)cc2)nc1COc1cccc(C[As](CC(=O)O)S(=O)(=O)N(C)C)c1. The number of alkyl halides is 3. The van der Waals surface area contributed by atoms with E-state index >= 15 is 0 Å². The minimum atomic E-state index is -4.44. The molecular formula is C23H24AsF3N2O6S. The van der Waals surface area contributed by atoms with Crippen LogP contribution in [0.2, 0.25) is 5.21 Å². The zero-order valence-corrected chi connectivity index (χ0v) is 22.3. The van der Waals surface area contributed by atoms with Crippen LogP contribution in [-0.2, 0) is 31.1 Å². The Morgan fingerprint density at radius 3 is 2.42 bits per heavy atom. The Hall–Kier alpha value is -2.82. The van der Waals surface area contributed by atoms with Crippen LogP contribution in [0.3, 0.4) is 0 Å². The van der Waals surface area contributed by atoms with Crippen LogP contribution in [-0.4, -0.2) is 56.4 Å². The van der Waals surface area contributed by atoms with E-state index in [0.29, 0.717) is 28.3 Å². The maximum atomic E-state index is 12.8. The van der Waals surface area contributed by atoms with Gasteiger partial charge in [-0.25, -0.2) is 0 Å². The molecule has 0 fully saturated rings. The van der Waals surface area contributed by atoms with Crippen LogP contribution in [0.25, 0.3) is 11.5 Å². The quantitative estimate of drug-likeness (QED) is 0.352. The summed E-state index contributed by atoms with van der Waals surface area (Å²) in [6, 6.07) is 11.2. The number of aliphatic carboxylic acids is 1. The molecule has 1 aromatic heterocycles. The Morgan fingerprint density at radius 1 is 1.17 bits per heavy atom. The number of aryl methyl sites for hydroxylation is 1. The Bertz CT molecular complexity index is 1320. The van der Waals surface area contributed by atoms with Crippen LogP contribution < -0.4 is 4.74 Å². The van der Waals surface area contributed by atoms with Gasteiger partial charge in [-0.05, 0) is 0 Å². The van der Waals surface area contributed by atoms with Gasteiger partial charge in [-0.1, -0.05) is 0 Å². The van der Waals surface area contributed by atoms with E-state index in [2.05, 4.69) is 4.98 Å². The van der Waals surface area contributed by atoms with Crippen LogP contribution in [0, 0.1) is 6.92 Å². The standard InChI is InChI=1S/C23H24AsF3N2O6S/c1-15-20(28-22(35-15)17-7-9-18(10-8-17)23(25,26)27)14-34-19-6-4-5-16(11-19)12-24(13-21(30)31)36(32,33)29(2)3/h4-11H,12-14H2,1-3H3,(H,30,31). The van der Waals surface area contributed by atoms with E-state index < -0.39 is 44.7 Å². The topological polar surface area (TPSA) is 110 Å². The Kier molecular flexibility index (Phi) is 8.53. The number of carbonyl (C=O) groups is 1. The van der Waals surface area contributed by atoms with Crippen LogP contribution in [0.4, 0.5) is 13.2 Å². The first-order chi connectivity index (χ1) is 16.8. The summed E-state index contributed by atoms with van der Waals surface area (Å²) in [5.41, 5.74) is 0.701. The Morgan fingerprint density at radius 2 is 1.83 bits per heavy atom. The fourth-order valence-electron chi connectivity index (χ4n) is 3.18. The van der Waals surface area contributed by atoms with Gasteiger partial charge in [0.25, 0.3) is 0 Å². The summed E-state index contributed by atoms with van der Waals surface area (Å²) in [5, 5.41) is 8.92. The maximum absolute atomic E-state index is 12.8. The zero-order chi connectivity index (χ0) is 26.7. The Labute approximate surface area is 210 Å². The summed E-state index contributed by atoms with van der Waals surface area (Å²) in [5.74, 6) is -0.131. The van der Waals surface area contributed by atoms with Crippen molar-refractivity contribution in [2.45, 2.75) is 30.1 Å². The van der Waals surface area contributed by atoms with Crippen molar-refractivity contribution in [3.8, 4) is 17.2 Å². The molecule has 36 heavy (non-hydrogen) atoms. The first-order valence-electron chi connectivity index (χ1n) is 10.5. The normalized spacial score (nSPS) is 13.1. The zero-order valence-electron chi connectivity index (χ0n) is 19.6. The van der Waals surface area contributed by atoms with Crippen LogP contribution >= 0.6 is 0 Å². The molecule has 8 nitrogen and oxygen atoms in total. The number of benzene rings is 2. The van der Waals surface area contributed by atoms with E-state index in [1.807, 2.05) is 0 Å². The third-order valence-corrected chi connectivity index (χ3v) is 17.0. The molecule has 0 spiro atoms. The van der Waals surface area contributed by atoms with Crippen molar-refractivity contribution in [2.24, 2.45) is 0 Å². The fourth-order valence-corrected chi connectivity index (χ4v) is 12.4. The molecule has 1 unspecified atom stereocenters. The number of carboxylic acids is 1. The number of aromatic nitrogens is 1. The summed E-state index contributed by atoms with van der Waals surface area (Å²) < 4.78 is 76.0. The molecule has 194 valence electrons. The monoisotopic (exact) mass is 588 g/mol. The van der Waals surface area contributed by atoms with Gasteiger partial charge >= 0.3 is 191 Å². The van der Waals surface area contributed by atoms with Crippen molar-refractivity contribution in [3.63, 3.8) is 0 Å². The predicted molar refractivity (Wildman–Crippen MR) is 127 cm³/mol. The van der Waals surface area contributed by atoms with E-state index in [0.717, 1.165) is 16.4 Å². The van der Waals surface area contributed by atoms with Gasteiger partial charge in [0.2, 0.25) is 0 Å². The van der Waals surface area contributed by atoms with Crippen LogP contribution in [0.1, 0.15) is 22.6 Å². The first kappa shape index (κ1) is 27.8. The molecule has 0 amide bonds. The van der Waals surface area contributed by atoms with E-state index in [4.69, 9.17) is 9.15 Å². The van der Waals surface area contributed by atoms with Crippen molar-refractivity contribution in [3.05, 3.63) is 71.1 Å². The Balaban J connectivity index is 1.72. The summed E-state index contributed by atoms with van der Waals surface area (Å²) in [4.78, 5) is 15.6. The molecule has 2 aromatic carbocycles. The third kappa shape index (κ3) is 6.89. The molecular weight excluding hydrogens is 564 g/mol. The van der Waals surface area contributed by atoms with Crippen LogP contribution in [0.15, 0.2) is 52.9 Å². The third-order valence-electron chi connectivity index (χ3n) is 5.08. The number of carboxylic acid groups (broad SMARTS) is 1. The fraction of sp³-hybridized carbons (Fsp3) is 0.304. The minimum absolute atomic E-state index is 0.00592. The molecule has 0 radical (unpaired) electrons. The summed E-state index contributed by atoms with van der Waals surface area (Å²) in [6.07, 6.45) is -4.44. The predicted octanol–water partition coefficient (Wildman–Crippen LogP) is 4.30. The van der Waals surface area contributed by atoms with Crippen molar-refractivity contribution >= 4 is 27.8 Å². The van der Waals surface area contributed by atoms with E-state index in [-0.39, 0.29) is 17.7 Å². The van der Waals surface area contributed by atoms with Crippen molar-refractivity contribution < 1.29 is 40.6 Å². The van der Waals surface area contributed by atoms with Gasteiger partial charge in [-0.2, -0.15) is 13.2 Å². The molecule has 1 heterocycles. The first-order valence-corrected chi connectivity index (χ1v) is 16.9. The van der Waals surface area contributed by atoms with Gasteiger partial charge in [0.15, 0.2) is 0 Å². The molecule has 0 saturated heterocycles. The number of hydrogen-bond acceptors (Lipinski definition) is 6. The van der Waals surface area contributed by atoms with Gasteiger partial charge in [-0.3, -0.25) is 0 Å². The average Bonchev–Trinajstić information content (AvgIpc) is 3.17. The molecule has 13 heteroatoms. The number of halogens is 3. The molecule has 1 N–H and O–H groups in total. The molecule has 1 atom stereocenters. The second kappa shape index (κ2) is 11.1. The van der Waals surface area contributed by atoms with Gasteiger partial charge in [0, 0.05) is 0 Å². The second-order valence-electron chi connectivity index (χ2n) is 7.99. The van der Waals surface area contributed by atoms with Gasteiger partial charge < -0.3 is 0 Å². The molecule has 0 bridgehead atoms. The van der Waals surface area contributed by atoms with E-state index in [1.54, 1.807) is 31.2 Å². The number of nitrogens with zero attached hydrogens (tertiary/aromatic N) is 2. The number of rotatable bonds is 10. The summed E-state index contributed by atoms with van der Waals surface area (Å²) in [6.45, 7) is 1.66. The van der Waals surface area contributed by atoms with E-state index in [9.17, 15) is 31.5 Å². The molecule has 0 aliphatic rings. The average molecular weight is 588 g/mol. The summed E-state index contributed by atoms with van der Waals surface area (Å²) in [7, 11) is -0.895. The van der Waals surface area contributed by atoms with Crippen molar-refractivity contribution in [1.82, 2.24) is 9.29 Å². The molecule has 0 aliphatic heterocycles. The molecule has 0 saturated carbocycles. The van der Waals surface area contributed by atoms with E-state index in [1.165, 1.54) is 26.2 Å². The van der Waals surface area contributed by atoms with Gasteiger partial charge in [0.05, 0.1) is 5.56 Å². The van der Waals surface area contributed by atoms with Crippen molar-refractivity contribution in [1.29, 1.82) is 0 Å². The van der Waals surface area contributed by atoms with Gasteiger partial charge in [-0.15, -0.1) is 0 Å². The molecule has 0 aliphatic carbocycles. The number of ether oxygens (including phenoxy) is 1.